The quantitative estimate of drug-likeness (QED) is 0.854. The van der Waals surface area contributed by atoms with Crippen LogP contribution in [0.1, 0.15) is 30.9 Å². The molecule has 0 aliphatic carbocycles. The third-order valence-electron chi connectivity index (χ3n) is 4.54. The standard InChI is InChI=1S/C17H23N3O3/c18-11-13-6-7-15(23-13)17(22)20-9-8-19-16(21)10-14(20)12-4-2-1-3-5-12/h1-5,13-15H,6-11,18H2,(H,19,21)/t13-,14?,15+/m1/s1. The van der Waals surface area contributed by atoms with Crippen molar-refractivity contribution in [2.75, 3.05) is 19.6 Å². The Morgan fingerprint density at radius 2 is 2.09 bits per heavy atom. The van der Waals surface area contributed by atoms with Crippen molar-refractivity contribution in [3.05, 3.63) is 35.9 Å². The topological polar surface area (TPSA) is 84.7 Å². The van der Waals surface area contributed by atoms with Gasteiger partial charge in [-0.25, -0.2) is 0 Å². The third-order valence-corrected chi connectivity index (χ3v) is 4.54. The molecule has 0 spiro atoms. The number of nitrogens with zero attached hydrogens (tertiary/aromatic N) is 1. The molecule has 2 saturated heterocycles. The van der Waals surface area contributed by atoms with Gasteiger partial charge < -0.3 is 20.7 Å². The predicted octanol–water partition coefficient (Wildman–Crippen LogP) is 0.583. The smallest absolute Gasteiger partial charge is 0.252 e. The van der Waals surface area contributed by atoms with Crippen molar-refractivity contribution in [1.82, 2.24) is 10.2 Å². The molecule has 2 aliphatic heterocycles. The van der Waals surface area contributed by atoms with Gasteiger partial charge in [-0.05, 0) is 18.4 Å². The van der Waals surface area contributed by atoms with Crippen molar-refractivity contribution in [2.24, 2.45) is 5.73 Å². The Kier molecular flexibility index (Phi) is 4.93. The van der Waals surface area contributed by atoms with Crippen molar-refractivity contribution in [3.8, 4) is 0 Å². The van der Waals surface area contributed by atoms with Gasteiger partial charge >= 0.3 is 0 Å². The Bertz CT molecular complexity index is 563. The molecule has 3 N–H and O–H groups in total. The molecule has 23 heavy (non-hydrogen) atoms. The largest absolute Gasteiger partial charge is 0.364 e. The molecule has 0 radical (unpaired) electrons. The van der Waals surface area contributed by atoms with Gasteiger partial charge in [-0.2, -0.15) is 0 Å². The second kappa shape index (κ2) is 7.10. The maximum Gasteiger partial charge on any atom is 0.252 e. The Morgan fingerprint density at radius 1 is 1.30 bits per heavy atom. The van der Waals surface area contributed by atoms with E-state index in [1.165, 1.54) is 0 Å². The van der Waals surface area contributed by atoms with Crippen LogP contribution in [0.2, 0.25) is 0 Å². The number of amides is 2. The maximum absolute atomic E-state index is 12.9. The van der Waals surface area contributed by atoms with E-state index in [1.807, 2.05) is 30.3 Å². The molecule has 2 amide bonds. The first-order valence-corrected chi connectivity index (χ1v) is 8.16. The summed E-state index contributed by atoms with van der Waals surface area (Å²) in [4.78, 5) is 26.7. The van der Waals surface area contributed by atoms with E-state index in [-0.39, 0.29) is 30.4 Å². The highest BCUT2D eigenvalue weighted by Crippen LogP contribution is 2.29. The van der Waals surface area contributed by atoms with Crippen LogP contribution in [0.15, 0.2) is 30.3 Å². The lowest BCUT2D eigenvalue weighted by molar-refractivity contribution is -0.145. The molecule has 0 saturated carbocycles. The lowest BCUT2D eigenvalue weighted by Crippen LogP contribution is -2.43. The number of nitrogens with one attached hydrogen (secondary N) is 1. The van der Waals surface area contributed by atoms with Gasteiger partial charge in [0.1, 0.15) is 6.10 Å². The minimum Gasteiger partial charge on any atom is -0.364 e. The van der Waals surface area contributed by atoms with Crippen molar-refractivity contribution >= 4 is 11.8 Å². The molecule has 124 valence electrons. The summed E-state index contributed by atoms with van der Waals surface area (Å²) in [7, 11) is 0. The van der Waals surface area contributed by atoms with Gasteiger partial charge in [0, 0.05) is 19.6 Å². The van der Waals surface area contributed by atoms with E-state index in [0.717, 1.165) is 12.0 Å². The number of hydrogen-bond donors (Lipinski definition) is 2. The van der Waals surface area contributed by atoms with Crippen molar-refractivity contribution in [3.63, 3.8) is 0 Å². The van der Waals surface area contributed by atoms with Crippen LogP contribution in [0, 0.1) is 0 Å². The average molecular weight is 317 g/mol. The fraction of sp³-hybridized carbons (Fsp3) is 0.529. The van der Waals surface area contributed by atoms with Crippen LogP contribution in [0.5, 0.6) is 0 Å². The molecule has 2 heterocycles. The van der Waals surface area contributed by atoms with Crippen LogP contribution in [-0.2, 0) is 14.3 Å². The van der Waals surface area contributed by atoms with E-state index >= 15 is 0 Å². The van der Waals surface area contributed by atoms with E-state index in [2.05, 4.69) is 5.32 Å². The molecular formula is C17H23N3O3. The molecule has 1 aromatic carbocycles. The highest BCUT2D eigenvalue weighted by atomic mass is 16.5. The molecule has 6 nitrogen and oxygen atoms in total. The predicted molar refractivity (Wildman–Crippen MR) is 85.5 cm³/mol. The van der Waals surface area contributed by atoms with Gasteiger partial charge in [-0.1, -0.05) is 30.3 Å². The lowest BCUT2D eigenvalue weighted by atomic mass is 10.0. The van der Waals surface area contributed by atoms with Crippen LogP contribution in [0.25, 0.3) is 0 Å². The summed E-state index contributed by atoms with van der Waals surface area (Å²) >= 11 is 0. The molecule has 0 bridgehead atoms. The molecule has 3 rings (SSSR count). The molecule has 0 aromatic heterocycles. The first-order chi connectivity index (χ1) is 11.2. The maximum atomic E-state index is 12.9. The van der Waals surface area contributed by atoms with Crippen LogP contribution in [0.3, 0.4) is 0 Å². The number of hydrogen-bond acceptors (Lipinski definition) is 4. The lowest BCUT2D eigenvalue weighted by Gasteiger charge is -2.31. The zero-order valence-electron chi connectivity index (χ0n) is 13.1. The molecule has 2 aliphatic rings. The second-order valence-electron chi connectivity index (χ2n) is 6.07. The summed E-state index contributed by atoms with van der Waals surface area (Å²) < 4.78 is 5.76. The van der Waals surface area contributed by atoms with E-state index < -0.39 is 6.10 Å². The number of benzene rings is 1. The summed E-state index contributed by atoms with van der Waals surface area (Å²) in [6, 6.07) is 9.46. The van der Waals surface area contributed by atoms with Gasteiger partial charge in [-0.3, -0.25) is 9.59 Å². The van der Waals surface area contributed by atoms with Crippen molar-refractivity contribution in [2.45, 2.75) is 37.5 Å². The van der Waals surface area contributed by atoms with E-state index in [1.54, 1.807) is 4.90 Å². The minimum atomic E-state index is -0.442. The van der Waals surface area contributed by atoms with Gasteiger partial charge in [0.15, 0.2) is 0 Å². The zero-order chi connectivity index (χ0) is 16.2. The van der Waals surface area contributed by atoms with Crippen LogP contribution in [0.4, 0.5) is 0 Å². The fourth-order valence-corrected chi connectivity index (χ4v) is 3.31. The molecular weight excluding hydrogens is 294 g/mol. The van der Waals surface area contributed by atoms with E-state index in [4.69, 9.17) is 10.5 Å². The Balaban J connectivity index is 1.81. The minimum absolute atomic E-state index is 0.0265. The van der Waals surface area contributed by atoms with Gasteiger partial charge in [-0.15, -0.1) is 0 Å². The van der Waals surface area contributed by atoms with Crippen LogP contribution >= 0.6 is 0 Å². The summed E-state index contributed by atoms with van der Waals surface area (Å²) in [5.41, 5.74) is 6.61. The third kappa shape index (κ3) is 3.54. The fourth-order valence-electron chi connectivity index (χ4n) is 3.31. The van der Waals surface area contributed by atoms with Crippen LogP contribution < -0.4 is 11.1 Å². The van der Waals surface area contributed by atoms with Crippen molar-refractivity contribution in [1.29, 1.82) is 0 Å². The second-order valence-corrected chi connectivity index (χ2v) is 6.07. The molecule has 1 unspecified atom stereocenters. The number of rotatable bonds is 3. The Labute approximate surface area is 136 Å². The molecule has 6 heteroatoms. The highest BCUT2D eigenvalue weighted by molar-refractivity contribution is 5.84. The summed E-state index contributed by atoms with van der Waals surface area (Å²) in [5, 5.41) is 2.85. The Hall–Kier alpha value is -1.92. The van der Waals surface area contributed by atoms with Gasteiger partial charge in [0.05, 0.1) is 18.6 Å². The van der Waals surface area contributed by atoms with Crippen molar-refractivity contribution < 1.29 is 14.3 Å². The van der Waals surface area contributed by atoms with Gasteiger partial charge in [0.2, 0.25) is 5.91 Å². The van der Waals surface area contributed by atoms with E-state index in [9.17, 15) is 9.59 Å². The summed E-state index contributed by atoms with van der Waals surface area (Å²) in [6.07, 6.45) is 1.31. The Morgan fingerprint density at radius 3 is 2.78 bits per heavy atom. The summed E-state index contributed by atoms with van der Waals surface area (Å²) in [5.74, 6) is -0.0624. The number of carbonyl (C=O) groups is 2. The number of nitrogens with two attached hydrogens (primary N) is 1. The zero-order valence-corrected chi connectivity index (χ0v) is 13.1. The number of ether oxygens (including phenoxy) is 1. The normalized spacial score (nSPS) is 28.3. The van der Waals surface area contributed by atoms with Crippen LogP contribution in [-0.4, -0.2) is 48.6 Å². The number of carbonyl (C=O) groups excluding carboxylic acids is 2. The van der Waals surface area contributed by atoms with E-state index in [0.29, 0.717) is 26.1 Å². The molecule has 1 aromatic rings. The molecule has 3 atom stereocenters. The monoisotopic (exact) mass is 317 g/mol. The van der Waals surface area contributed by atoms with Gasteiger partial charge in [0.25, 0.3) is 5.91 Å². The summed E-state index contributed by atoms with van der Waals surface area (Å²) in [6.45, 7) is 1.41. The first kappa shape index (κ1) is 16.0. The first-order valence-electron chi connectivity index (χ1n) is 8.16. The average Bonchev–Trinajstić information content (AvgIpc) is 2.98. The highest BCUT2D eigenvalue weighted by Gasteiger charge is 2.37. The molecule has 2 fully saturated rings. The SMILES string of the molecule is NC[C@H]1CC[C@@H](C(=O)N2CCNC(=O)CC2c2ccccc2)O1.